The first-order chi connectivity index (χ1) is 6.67. The van der Waals surface area contributed by atoms with Gasteiger partial charge in [-0.25, -0.2) is 9.29 Å². The minimum absolute atomic E-state index is 0.0463. The van der Waals surface area contributed by atoms with Crippen LogP contribution in [0.1, 0.15) is 27.7 Å². The quantitative estimate of drug-likeness (QED) is 0.509. The molecule has 1 unspecified atom stereocenters. The van der Waals surface area contributed by atoms with Gasteiger partial charge in [-0.1, -0.05) is 39.3 Å². The van der Waals surface area contributed by atoms with Crippen LogP contribution in [0.2, 0.25) is 0 Å². The van der Waals surface area contributed by atoms with E-state index >= 15 is 0 Å². The van der Waals surface area contributed by atoms with E-state index in [0.29, 0.717) is 0 Å². The van der Waals surface area contributed by atoms with Gasteiger partial charge in [-0.15, -0.1) is 0 Å². The Morgan fingerprint density at radius 2 is 1.40 bits per heavy atom. The SMILES string of the molecule is CC(C)CN(CC(C)C)C(F)(F)C(F)Cl. The molecule has 92 valence electrons. The summed E-state index contributed by atoms with van der Waals surface area (Å²) in [6, 6.07) is -3.59. The Balaban J connectivity index is 4.60. The van der Waals surface area contributed by atoms with Gasteiger partial charge in [-0.3, -0.25) is 0 Å². The maximum absolute atomic E-state index is 13.4. The van der Waals surface area contributed by atoms with Gasteiger partial charge in [0.05, 0.1) is 0 Å². The van der Waals surface area contributed by atoms with Crippen molar-refractivity contribution in [2.45, 2.75) is 39.4 Å². The van der Waals surface area contributed by atoms with Gasteiger partial charge >= 0.3 is 6.05 Å². The van der Waals surface area contributed by atoms with Crippen LogP contribution in [0.5, 0.6) is 0 Å². The highest BCUT2D eigenvalue weighted by molar-refractivity contribution is 6.20. The van der Waals surface area contributed by atoms with Crippen LogP contribution in [-0.4, -0.2) is 29.7 Å². The molecule has 0 saturated carbocycles. The zero-order valence-corrected chi connectivity index (χ0v) is 10.4. The summed E-state index contributed by atoms with van der Waals surface area (Å²) in [5, 5.41) is 0. The van der Waals surface area contributed by atoms with E-state index in [4.69, 9.17) is 11.6 Å². The molecule has 0 saturated heterocycles. The third-order valence-corrected chi connectivity index (χ3v) is 2.12. The molecule has 1 nitrogen and oxygen atoms in total. The lowest BCUT2D eigenvalue weighted by atomic mass is 10.1. The van der Waals surface area contributed by atoms with Crippen LogP contribution in [0.3, 0.4) is 0 Å². The Morgan fingerprint density at radius 1 is 1.07 bits per heavy atom. The first kappa shape index (κ1) is 15.0. The second kappa shape index (κ2) is 5.94. The summed E-state index contributed by atoms with van der Waals surface area (Å²) >= 11 is 4.87. The zero-order chi connectivity index (χ0) is 12.2. The molecule has 0 heterocycles. The third kappa shape index (κ3) is 5.07. The largest absolute Gasteiger partial charge is 0.349 e. The van der Waals surface area contributed by atoms with E-state index < -0.39 is 11.7 Å². The van der Waals surface area contributed by atoms with Gasteiger partial charge in [-0.2, -0.15) is 8.78 Å². The van der Waals surface area contributed by atoms with Crippen molar-refractivity contribution in [3.63, 3.8) is 0 Å². The predicted molar refractivity (Wildman–Crippen MR) is 56.9 cm³/mol. The molecule has 15 heavy (non-hydrogen) atoms. The Hall–Kier alpha value is 0.0400. The van der Waals surface area contributed by atoms with E-state index in [0.717, 1.165) is 4.90 Å². The molecule has 0 aromatic heterocycles. The van der Waals surface area contributed by atoms with Crippen molar-refractivity contribution in [2.24, 2.45) is 11.8 Å². The number of hydrogen-bond acceptors (Lipinski definition) is 1. The fourth-order valence-electron chi connectivity index (χ4n) is 1.34. The molecule has 0 spiro atoms. The van der Waals surface area contributed by atoms with Gasteiger partial charge < -0.3 is 0 Å². The molecular formula is C10H19ClF3N. The molecule has 0 aliphatic heterocycles. The molecule has 0 N–H and O–H groups in total. The Kier molecular flexibility index (Phi) is 5.96. The topological polar surface area (TPSA) is 3.24 Å². The maximum Gasteiger partial charge on any atom is 0.349 e. The second-order valence-corrected chi connectivity index (χ2v) is 4.96. The summed E-state index contributed by atoms with van der Waals surface area (Å²) in [6.45, 7) is 7.52. The number of alkyl halides is 4. The lowest BCUT2D eigenvalue weighted by Gasteiger charge is -2.33. The summed E-state index contributed by atoms with van der Waals surface area (Å²) < 4.78 is 39.3. The molecule has 5 heteroatoms. The van der Waals surface area contributed by atoms with Crippen LogP contribution in [0, 0.1) is 11.8 Å². The van der Waals surface area contributed by atoms with E-state index in [-0.39, 0.29) is 24.9 Å². The molecule has 0 amide bonds. The standard InChI is InChI=1S/C10H19ClF3N/c1-7(2)5-15(6-8(3)4)10(13,14)9(11)12/h7-9H,5-6H2,1-4H3. The summed E-state index contributed by atoms with van der Waals surface area (Å²) in [5.41, 5.74) is -2.66. The summed E-state index contributed by atoms with van der Waals surface area (Å²) in [6.07, 6.45) is 0. The smallest absolute Gasteiger partial charge is 0.240 e. The molecular weight excluding hydrogens is 227 g/mol. The number of hydrogen-bond donors (Lipinski definition) is 0. The summed E-state index contributed by atoms with van der Waals surface area (Å²) in [5.74, 6) is 0.0927. The Bertz CT molecular complexity index is 174. The van der Waals surface area contributed by atoms with Gasteiger partial charge in [0, 0.05) is 13.1 Å². The average Bonchev–Trinajstić information content (AvgIpc) is 2.00. The van der Waals surface area contributed by atoms with Gasteiger partial charge in [0.2, 0.25) is 0 Å². The van der Waals surface area contributed by atoms with E-state index in [9.17, 15) is 13.2 Å². The monoisotopic (exact) mass is 245 g/mol. The van der Waals surface area contributed by atoms with Crippen molar-refractivity contribution >= 4 is 11.6 Å². The Labute approximate surface area is 94.6 Å². The highest BCUT2D eigenvalue weighted by Gasteiger charge is 2.45. The van der Waals surface area contributed by atoms with E-state index in [1.807, 2.05) is 27.7 Å². The van der Waals surface area contributed by atoms with E-state index in [2.05, 4.69) is 0 Å². The van der Waals surface area contributed by atoms with Crippen molar-refractivity contribution in [1.82, 2.24) is 4.90 Å². The fourth-order valence-corrected chi connectivity index (χ4v) is 1.48. The number of nitrogens with zero attached hydrogens (tertiary/aromatic N) is 1. The number of halogens is 4. The number of rotatable bonds is 6. The van der Waals surface area contributed by atoms with Crippen molar-refractivity contribution < 1.29 is 13.2 Å². The normalized spacial score (nSPS) is 15.4. The minimum atomic E-state index is -3.59. The van der Waals surface area contributed by atoms with Crippen LogP contribution in [0.25, 0.3) is 0 Å². The molecule has 0 fully saturated rings. The van der Waals surface area contributed by atoms with Crippen molar-refractivity contribution in [2.75, 3.05) is 13.1 Å². The lowest BCUT2D eigenvalue weighted by Crippen LogP contribution is -2.49. The average molecular weight is 246 g/mol. The van der Waals surface area contributed by atoms with Crippen LogP contribution in [0.15, 0.2) is 0 Å². The highest BCUT2D eigenvalue weighted by Crippen LogP contribution is 2.30. The second-order valence-electron chi connectivity index (χ2n) is 4.58. The summed E-state index contributed by atoms with van der Waals surface area (Å²) in [7, 11) is 0. The van der Waals surface area contributed by atoms with Crippen LogP contribution < -0.4 is 0 Å². The fraction of sp³-hybridized carbons (Fsp3) is 1.00. The lowest BCUT2D eigenvalue weighted by molar-refractivity contribution is -0.177. The molecule has 0 bridgehead atoms. The highest BCUT2D eigenvalue weighted by atomic mass is 35.5. The van der Waals surface area contributed by atoms with Crippen LogP contribution in [0.4, 0.5) is 13.2 Å². The minimum Gasteiger partial charge on any atom is -0.240 e. The predicted octanol–water partition coefficient (Wildman–Crippen LogP) is 3.73. The molecule has 1 atom stereocenters. The van der Waals surface area contributed by atoms with Gasteiger partial charge in [0.15, 0.2) is 0 Å². The molecule has 0 aromatic carbocycles. The van der Waals surface area contributed by atoms with Gasteiger partial charge in [-0.05, 0) is 11.8 Å². The molecule has 0 aliphatic carbocycles. The molecule has 0 radical (unpaired) electrons. The molecule has 0 aromatic rings. The van der Waals surface area contributed by atoms with Crippen molar-refractivity contribution in [1.29, 1.82) is 0 Å². The zero-order valence-electron chi connectivity index (χ0n) is 9.61. The Morgan fingerprint density at radius 3 is 1.60 bits per heavy atom. The van der Waals surface area contributed by atoms with Gasteiger partial charge in [0.1, 0.15) is 0 Å². The first-order valence-corrected chi connectivity index (χ1v) is 5.52. The van der Waals surface area contributed by atoms with Crippen LogP contribution in [-0.2, 0) is 0 Å². The van der Waals surface area contributed by atoms with E-state index in [1.165, 1.54) is 0 Å². The van der Waals surface area contributed by atoms with Gasteiger partial charge in [0.25, 0.3) is 5.63 Å². The summed E-state index contributed by atoms with van der Waals surface area (Å²) in [4.78, 5) is 0.819. The maximum atomic E-state index is 13.4. The first-order valence-electron chi connectivity index (χ1n) is 5.09. The van der Waals surface area contributed by atoms with Crippen molar-refractivity contribution in [3.8, 4) is 0 Å². The molecule has 0 aliphatic rings. The van der Waals surface area contributed by atoms with E-state index in [1.54, 1.807) is 0 Å². The van der Waals surface area contributed by atoms with Crippen molar-refractivity contribution in [3.05, 3.63) is 0 Å². The third-order valence-electron chi connectivity index (χ3n) is 1.86. The van der Waals surface area contributed by atoms with Crippen LogP contribution >= 0.6 is 11.6 Å². The molecule has 0 rings (SSSR count).